The Hall–Kier alpha value is -2.07. The van der Waals surface area contributed by atoms with E-state index in [4.69, 9.17) is 5.11 Å². The van der Waals surface area contributed by atoms with Gasteiger partial charge < -0.3 is 15.0 Å². The van der Waals surface area contributed by atoms with Gasteiger partial charge in [-0.15, -0.1) is 0 Å². The fourth-order valence-corrected chi connectivity index (χ4v) is 1.57. The molecule has 0 aliphatic heterocycles. The molecule has 4 heteroatoms. The quantitative estimate of drug-likeness (QED) is 0.838. The zero-order valence-corrected chi connectivity index (χ0v) is 9.34. The third-order valence-corrected chi connectivity index (χ3v) is 2.38. The van der Waals surface area contributed by atoms with Gasteiger partial charge in [-0.1, -0.05) is 18.2 Å². The first-order valence-electron chi connectivity index (χ1n) is 5.38. The number of anilines is 1. The number of carbonyl (C=O) groups is 1. The van der Waals surface area contributed by atoms with E-state index in [0.717, 1.165) is 11.3 Å². The maximum absolute atomic E-state index is 11.7. The number of carbonyl (C=O) groups excluding carboxylic acids is 1. The van der Waals surface area contributed by atoms with Gasteiger partial charge in [0.1, 0.15) is 6.54 Å². The molecular weight excluding hydrogens is 216 g/mol. The summed E-state index contributed by atoms with van der Waals surface area (Å²) >= 11 is 0. The Bertz CT molecular complexity index is 491. The first-order valence-corrected chi connectivity index (χ1v) is 5.38. The van der Waals surface area contributed by atoms with Crippen molar-refractivity contribution in [3.63, 3.8) is 0 Å². The SMILES string of the molecule is O=C(Cn1ccc(CO)c1)Nc1ccccc1. The number of aromatic nitrogens is 1. The summed E-state index contributed by atoms with van der Waals surface area (Å²) in [7, 11) is 0. The molecule has 0 spiro atoms. The molecule has 1 aromatic carbocycles. The largest absolute Gasteiger partial charge is 0.392 e. The number of hydrogen-bond acceptors (Lipinski definition) is 2. The van der Waals surface area contributed by atoms with E-state index in [0.29, 0.717) is 0 Å². The zero-order valence-electron chi connectivity index (χ0n) is 9.34. The Morgan fingerprint density at radius 3 is 2.65 bits per heavy atom. The van der Waals surface area contributed by atoms with Gasteiger partial charge in [0, 0.05) is 18.1 Å². The number of benzene rings is 1. The van der Waals surface area contributed by atoms with Crippen LogP contribution < -0.4 is 5.32 Å². The van der Waals surface area contributed by atoms with Crippen molar-refractivity contribution in [2.45, 2.75) is 13.2 Å². The van der Waals surface area contributed by atoms with Crippen LogP contribution in [0.5, 0.6) is 0 Å². The number of aliphatic hydroxyl groups is 1. The van der Waals surface area contributed by atoms with Crippen LogP contribution in [-0.4, -0.2) is 15.6 Å². The van der Waals surface area contributed by atoms with Gasteiger partial charge in [0.25, 0.3) is 0 Å². The van der Waals surface area contributed by atoms with Crippen molar-refractivity contribution >= 4 is 11.6 Å². The van der Waals surface area contributed by atoms with E-state index in [1.807, 2.05) is 30.3 Å². The van der Waals surface area contributed by atoms with E-state index in [1.54, 1.807) is 23.0 Å². The minimum absolute atomic E-state index is 0.00664. The lowest BCUT2D eigenvalue weighted by Gasteiger charge is -2.05. The number of nitrogens with zero attached hydrogens (tertiary/aromatic N) is 1. The third-order valence-electron chi connectivity index (χ3n) is 2.38. The highest BCUT2D eigenvalue weighted by atomic mass is 16.3. The molecule has 2 rings (SSSR count). The Morgan fingerprint density at radius 1 is 1.24 bits per heavy atom. The molecule has 0 saturated heterocycles. The molecule has 2 N–H and O–H groups in total. The molecule has 0 aliphatic rings. The minimum Gasteiger partial charge on any atom is -0.392 e. The highest BCUT2D eigenvalue weighted by molar-refractivity contribution is 5.90. The summed E-state index contributed by atoms with van der Waals surface area (Å²) in [6, 6.07) is 11.1. The summed E-state index contributed by atoms with van der Waals surface area (Å²) in [4.78, 5) is 11.7. The molecule has 2 aromatic rings. The van der Waals surface area contributed by atoms with Gasteiger partial charge in [-0.05, 0) is 23.8 Å². The van der Waals surface area contributed by atoms with Crippen molar-refractivity contribution in [1.82, 2.24) is 4.57 Å². The molecular formula is C13H14N2O2. The van der Waals surface area contributed by atoms with Crippen LogP contribution in [0.25, 0.3) is 0 Å². The predicted molar refractivity (Wildman–Crippen MR) is 65.4 cm³/mol. The Kier molecular flexibility index (Phi) is 3.57. The third kappa shape index (κ3) is 3.19. The van der Waals surface area contributed by atoms with Crippen LogP contribution in [0.3, 0.4) is 0 Å². The van der Waals surface area contributed by atoms with E-state index >= 15 is 0 Å². The Balaban J connectivity index is 1.93. The van der Waals surface area contributed by atoms with Crippen LogP contribution in [-0.2, 0) is 17.9 Å². The Morgan fingerprint density at radius 2 is 2.00 bits per heavy atom. The van der Waals surface area contributed by atoms with Crippen LogP contribution in [0.1, 0.15) is 5.56 Å². The second-order valence-corrected chi connectivity index (χ2v) is 3.76. The number of para-hydroxylation sites is 1. The highest BCUT2D eigenvalue weighted by Gasteiger charge is 2.03. The maximum Gasteiger partial charge on any atom is 0.244 e. The van der Waals surface area contributed by atoms with Gasteiger partial charge in [0.2, 0.25) is 5.91 Å². The lowest BCUT2D eigenvalue weighted by Crippen LogP contribution is -2.17. The van der Waals surface area contributed by atoms with E-state index < -0.39 is 0 Å². The molecule has 4 nitrogen and oxygen atoms in total. The maximum atomic E-state index is 11.7. The van der Waals surface area contributed by atoms with Crippen molar-refractivity contribution in [1.29, 1.82) is 0 Å². The predicted octanol–water partition coefficient (Wildman–Crippen LogP) is 1.62. The molecule has 0 unspecified atom stereocenters. The molecule has 0 saturated carbocycles. The first-order chi connectivity index (χ1) is 8.28. The van der Waals surface area contributed by atoms with Gasteiger partial charge in [-0.3, -0.25) is 4.79 Å². The molecule has 0 aliphatic carbocycles. The normalized spacial score (nSPS) is 10.2. The molecule has 1 heterocycles. The van der Waals surface area contributed by atoms with Crippen molar-refractivity contribution in [3.8, 4) is 0 Å². The van der Waals surface area contributed by atoms with Crippen molar-refractivity contribution in [2.24, 2.45) is 0 Å². The van der Waals surface area contributed by atoms with Crippen LogP contribution in [0.15, 0.2) is 48.8 Å². The van der Waals surface area contributed by atoms with Gasteiger partial charge in [-0.2, -0.15) is 0 Å². The molecule has 0 fully saturated rings. The standard InChI is InChI=1S/C13H14N2O2/c16-10-11-6-7-15(8-11)9-13(17)14-12-4-2-1-3-5-12/h1-8,16H,9-10H2,(H,14,17). The molecule has 0 radical (unpaired) electrons. The lowest BCUT2D eigenvalue weighted by molar-refractivity contribution is -0.116. The number of rotatable bonds is 4. The van der Waals surface area contributed by atoms with Crippen LogP contribution >= 0.6 is 0 Å². The van der Waals surface area contributed by atoms with E-state index in [9.17, 15) is 4.79 Å². The summed E-state index contributed by atoms with van der Waals surface area (Å²) < 4.78 is 1.74. The number of amides is 1. The van der Waals surface area contributed by atoms with Crippen LogP contribution in [0.4, 0.5) is 5.69 Å². The van der Waals surface area contributed by atoms with E-state index in [1.165, 1.54) is 0 Å². The molecule has 1 amide bonds. The van der Waals surface area contributed by atoms with E-state index in [-0.39, 0.29) is 19.1 Å². The Labute approximate surface area is 99.5 Å². The minimum atomic E-state index is -0.0868. The molecule has 17 heavy (non-hydrogen) atoms. The monoisotopic (exact) mass is 230 g/mol. The number of hydrogen-bond donors (Lipinski definition) is 2. The summed E-state index contributed by atoms with van der Waals surface area (Å²) in [5.74, 6) is -0.0868. The molecule has 1 aromatic heterocycles. The smallest absolute Gasteiger partial charge is 0.244 e. The number of aliphatic hydroxyl groups excluding tert-OH is 1. The van der Waals surface area contributed by atoms with Gasteiger partial charge in [0.15, 0.2) is 0 Å². The topological polar surface area (TPSA) is 54.3 Å². The first kappa shape index (κ1) is 11.4. The van der Waals surface area contributed by atoms with Gasteiger partial charge in [-0.25, -0.2) is 0 Å². The fourth-order valence-electron chi connectivity index (χ4n) is 1.57. The average Bonchev–Trinajstić information content (AvgIpc) is 2.78. The van der Waals surface area contributed by atoms with Gasteiger partial charge >= 0.3 is 0 Å². The second-order valence-electron chi connectivity index (χ2n) is 3.76. The van der Waals surface area contributed by atoms with Crippen molar-refractivity contribution in [2.75, 3.05) is 5.32 Å². The van der Waals surface area contributed by atoms with Crippen molar-refractivity contribution < 1.29 is 9.90 Å². The summed E-state index contributed by atoms with van der Waals surface area (Å²) in [5, 5.41) is 11.7. The fraction of sp³-hybridized carbons (Fsp3) is 0.154. The highest BCUT2D eigenvalue weighted by Crippen LogP contribution is 2.06. The zero-order chi connectivity index (χ0) is 12.1. The number of nitrogens with one attached hydrogen (secondary N) is 1. The molecule has 0 bridgehead atoms. The second kappa shape index (κ2) is 5.32. The molecule has 0 atom stereocenters. The summed E-state index contributed by atoms with van der Waals surface area (Å²) in [6.45, 7) is 0.238. The molecule has 88 valence electrons. The van der Waals surface area contributed by atoms with Crippen molar-refractivity contribution in [3.05, 3.63) is 54.4 Å². The van der Waals surface area contributed by atoms with Crippen LogP contribution in [0, 0.1) is 0 Å². The van der Waals surface area contributed by atoms with E-state index in [2.05, 4.69) is 5.32 Å². The van der Waals surface area contributed by atoms with Crippen LogP contribution in [0.2, 0.25) is 0 Å². The summed E-state index contributed by atoms with van der Waals surface area (Å²) in [6.07, 6.45) is 3.53. The average molecular weight is 230 g/mol. The van der Waals surface area contributed by atoms with Gasteiger partial charge in [0.05, 0.1) is 6.61 Å². The summed E-state index contributed by atoms with van der Waals surface area (Å²) in [5.41, 5.74) is 1.59. The lowest BCUT2D eigenvalue weighted by atomic mass is 10.3.